The highest BCUT2D eigenvalue weighted by atomic mass is 15.3. The molecule has 0 aliphatic carbocycles. The molecular weight excluding hydrogens is 234 g/mol. The Bertz CT molecular complexity index is 555. The van der Waals surface area contributed by atoms with Crippen LogP contribution in [-0.4, -0.2) is 9.78 Å². The van der Waals surface area contributed by atoms with E-state index in [0.29, 0.717) is 6.04 Å². The molecular formula is C16H23N3. The molecule has 1 aromatic carbocycles. The van der Waals surface area contributed by atoms with Crippen molar-refractivity contribution in [2.45, 2.75) is 46.2 Å². The number of hydrogen-bond donors (Lipinski definition) is 1. The first kappa shape index (κ1) is 13.8. The third kappa shape index (κ3) is 3.24. The van der Waals surface area contributed by atoms with Crippen LogP contribution in [0.2, 0.25) is 0 Å². The second kappa shape index (κ2) is 5.57. The Morgan fingerprint density at radius 1 is 1.21 bits per heavy atom. The first-order valence-electron chi connectivity index (χ1n) is 6.84. The molecule has 1 unspecified atom stereocenters. The average molecular weight is 257 g/mol. The summed E-state index contributed by atoms with van der Waals surface area (Å²) >= 11 is 0. The van der Waals surface area contributed by atoms with Gasteiger partial charge in [0.25, 0.3) is 0 Å². The highest BCUT2D eigenvalue weighted by Crippen LogP contribution is 2.20. The third-order valence-corrected chi connectivity index (χ3v) is 3.46. The summed E-state index contributed by atoms with van der Waals surface area (Å²) in [5.74, 6) is 0. The van der Waals surface area contributed by atoms with E-state index in [1.807, 2.05) is 10.9 Å². The molecule has 0 amide bonds. The maximum atomic E-state index is 6.33. The highest BCUT2D eigenvalue weighted by molar-refractivity contribution is 5.33. The van der Waals surface area contributed by atoms with Gasteiger partial charge in [-0.2, -0.15) is 5.10 Å². The van der Waals surface area contributed by atoms with Crippen LogP contribution in [0.25, 0.3) is 0 Å². The minimum absolute atomic E-state index is 0.00964. The van der Waals surface area contributed by atoms with Gasteiger partial charge in [-0.05, 0) is 44.9 Å². The molecule has 1 heterocycles. The van der Waals surface area contributed by atoms with Gasteiger partial charge in [0.1, 0.15) is 0 Å². The van der Waals surface area contributed by atoms with Crippen LogP contribution in [0.1, 0.15) is 48.3 Å². The van der Waals surface area contributed by atoms with Crippen molar-refractivity contribution in [3.05, 3.63) is 52.8 Å². The first-order chi connectivity index (χ1) is 8.97. The van der Waals surface area contributed by atoms with Gasteiger partial charge in [-0.1, -0.05) is 23.8 Å². The minimum Gasteiger partial charge on any atom is -0.324 e. The summed E-state index contributed by atoms with van der Waals surface area (Å²) < 4.78 is 1.98. The Hall–Kier alpha value is -1.61. The molecule has 0 radical (unpaired) electrons. The number of aryl methyl sites for hydroxylation is 2. The number of hydrogen-bond acceptors (Lipinski definition) is 2. The Kier molecular flexibility index (Phi) is 4.05. The quantitative estimate of drug-likeness (QED) is 0.913. The molecule has 19 heavy (non-hydrogen) atoms. The van der Waals surface area contributed by atoms with Crippen LogP contribution in [0.5, 0.6) is 0 Å². The number of nitrogens with two attached hydrogens (primary N) is 1. The van der Waals surface area contributed by atoms with Crippen LogP contribution in [0, 0.1) is 13.8 Å². The Balaban J connectivity index is 2.15. The first-order valence-corrected chi connectivity index (χ1v) is 6.84. The fourth-order valence-electron chi connectivity index (χ4n) is 2.27. The summed E-state index contributed by atoms with van der Waals surface area (Å²) in [6, 6.07) is 8.90. The van der Waals surface area contributed by atoms with E-state index in [-0.39, 0.29) is 6.04 Å². The zero-order valence-corrected chi connectivity index (χ0v) is 12.2. The van der Waals surface area contributed by atoms with Gasteiger partial charge in [0.05, 0.1) is 5.69 Å². The monoisotopic (exact) mass is 257 g/mol. The topological polar surface area (TPSA) is 43.8 Å². The highest BCUT2D eigenvalue weighted by Gasteiger charge is 2.12. The van der Waals surface area contributed by atoms with Crippen molar-refractivity contribution >= 4 is 0 Å². The largest absolute Gasteiger partial charge is 0.324 e. The van der Waals surface area contributed by atoms with E-state index in [2.05, 4.69) is 57.1 Å². The second-order valence-electron chi connectivity index (χ2n) is 5.55. The van der Waals surface area contributed by atoms with E-state index in [0.717, 1.165) is 12.1 Å². The molecule has 0 aliphatic heterocycles. The second-order valence-corrected chi connectivity index (χ2v) is 5.55. The Morgan fingerprint density at radius 3 is 2.58 bits per heavy atom. The van der Waals surface area contributed by atoms with Gasteiger partial charge in [0.15, 0.2) is 0 Å². The Morgan fingerprint density at radius 2 is 1.95 bits per heavy atom. The van der Waals surface area contributed by atoms with Gasteiger partial charge in [0.2, 0.25) is 0 Å². The molecule has 2 aromatic rings. The molecule has 3 nitrogen and oxygen atoms in total. The summed E-state index contributed by atoms with van der Waals surface area (Å²) in [4.78, 5) is 0. The molecule has 0 aliphatic rings. The van der Waals surface area contributed by atoms with Crippen molar-refractivity contribution in [3.8, 4) is 0 Å². The van der Waals surface area contributed by atoms with Crippen LogP contribution in [0.15, 0.2) is 30.5 Å². The SMILES string of the molecule is Cc1ccc(C)c(C(N)Cc2ccn(C(C)C)n2)c1. The standard InChI is InChI=1S/C16H23N3/c1-11(2)19-8-7-14(18-19)10-16(17)15-9-12(3)5-6-13(15)4/h5-9,11,16H,10,17H2,1-4H3. The number of benzene rings is 1. The molecule has 2 rings (SSSR count). The van der Waals surface area contributed by atoms with E-state index in [1.165, 1.54) is 16.7 Å². The van der Waals surface area contributed by atoms with Gasteiger partial charge in [0, 0.05) is 24.7 Å². The summed E-state index contributed by atoms with van der Waals surface area (Å²) in [5, 5.41) is 4.56. The molecule has 1 aromatic heterocycles. The molecule has 1 atom stereocenters. The van der Waals surface area contributed by atoms with Crippen LogP contribution in [0.4, 0.5) is 0 Å². The third-order valence-electron chi connectivity index (χ3n) is 3.46. The van der Waals surface area contributed by atoms with Gasteiger partial charge >= 0.3 is 0 Å². The van der Waals surface area contributed by atoms with Gasteiger partial charge < -0.3 is 5.73 Å². The lowest BCUT2D eigenvalue weighted by Crippen LogP contribution is -2.15. The van der Waals surface area contributed by atoms with Crippen molar-refractivity contribution in [1.29, 1.82) is 0 Å². The minimum atomic E-state index is 0.00964. The number of rotatable bonds is 4. The van der Waals surface area contributed by atoms with Crippen LogP contribution >= 0.6 is 0 Å². The molecule has 0 bridgehead atoms. The molecule has 0 saturated heterocycles. The van der Waals surface area contributed by atoms with Gasteiger partial charge in [-0.15, -0.1) is 0 Å². The van der Waals surface area contributed by atoms with E-state index < -0.39 is 0 Å². The lowest BCUT2D eigenvalue weighted by atomic mass is 9.96. The zero-order chi connectivity index (χ0) is 14.0. The summed E-state index contributed by atoms with van der Waals surface area (Å²) in [7, 11) is 0. The predicted molar refractivity (Wildman–Crippen MR) is 79.2 cm³/mol. The zero-order valence-electron chi connectivity index (χ0n) is 12.2. The summed E-state index contributed by atoms with van der Waals surface area (Å²) in [6.45, 7) is 8.47. The maximum Gasteiger partial charge on any atom is 0.0643 e. The van der Waals surface area contributed by atoms with Crippen molar-refractivity contribution in [3.63, 3.8) is 0 Å². The Labute approximate surface area is 115 Å². The normalized spacial score (nSPS) is 12.9. The van der Waals surface area contributed by atoms with Gasteiger partial charge in [-0.3, -0.25) is 4.68 Å². The van der Waals surface area contributed by atoms with Crippen molar-refractivity contribution < 1.29 is 0 Å². The van der Waals surface area contributed by atoms with Crippen molar-refractivity contribution in [2.75, 3.05) is 0 Å². The van der Waals surface area contributed by atoms with Crippen LogP contribution in [-0.2, 0) is 6.42 Å². The number of nitrogens with zero attached hydrogens (tertiary/aromatic N) is 2. The lowest BCUT2D eigenvalue weighted by Gasteiger charge is -2.14. The smallest absolute Gasteiger partial charge is 0.0643 e. The molecule has 102 valence electrons. The summed E-state index contributed by atoms with van der Waals surface area (Å²) in [6.07, 6.45) is 2.81. The van der Waals surface area contributed by atoms with E-state index in [4.69, 9.17) is 5.73 Å². The van der Waals surface area contributed by atoms with E-state index in [1.54, 1.807) is 0 Å². The molecule has 2 N–H and O–H groups in total. The number of aromatic nitrogens is 2. The lowest BCUT2D eigenvalue weighted by molar-refractivity contribution is 0.522. The van der Waals surface area contributed by atoms with E-state index >= 15 is 0 Å². The molecule has 3 heteroatoms. The molecule has 0 spiro atoms. The fourth-order valence-corrected chi connectivity index (χ4v) is 2.27. The van der Waals surface area contributed by atoms with E-state index in [9.17, 15) is 0 Å². The van der Waals surface area contributed by atoms with Crippen molar-refractivity contribution in [1.82, 2.24) is 9.78 Å². The van der Waals surface area contributed by atoms with Crippen molar-refractivity contribution in [2.24, 2.45) is 5.73 Å². The average Bonchev–Trinajstić information content (AvgIpc) is 2.80. The van der Waals surface area contributed by atoms with Crippen LogP contribution < -0.4 is 5.73 Å². The molecule has 0 saturated carbocycles. The fraction of sp³-hybridized carbons (Fsp3) is 0.438. The van der Waals surface area contributed by atoms with Crippen LogP contribution in [0.3, 0.4) is 0 Å². The summed E-state index contributed by atoms with van der Waals surface area (Å²) in [5.41, 5.74) is 11.1. The molecule has 0 fully saturated rings. The predicted octanol–water partition coefficient (Wildman–Crippen LogP) is 3.32. The maximum absolute atomic E-state index is 6.33. The van der Waals surface area contributed by atoms with Gasteiger partial charge in [-0.25, -0.2) is 0 Å².